The highest BCUT2D eigenvalue weighted by Crippen LogP contribution is 2.29. The van der Waals surface area contributed by atoms with Gasteiger partial charge in [-0.3, -0.25) is 0 Å². The predicted molar refractivity (Wildman–Crippen MR) is 81.0 cm³/mol. The monoisotopic (exact) mass is 294 g/mol. The SMILES string of the molecule is CC(c1ccccc1)C(O)Cc1c(Cl)cccc1Cl. The van der Waals surface area contributed by atoms with E-state index < -0.39 is 6.10 Å². The summed E-state index contributed by atoms with van der Waals surface area (Å²) in [5.74, 6) is 0.0357. The Morgan fingerprint density at radius 3 is 2.11 bits per heavy atom. The van der Waals surface area contributed by atoms with E-state index in [9.17, 15) is 5.11 Å². The van der Waals surface area contributed by atoms with Crippen LogP contribution >= 0.6 is 23.2 Å². The Morgan fingerprint density at radius 1 is 0.947 bits per heavy atom. The van der Waals surface area contributed by atoms with Crippen LogP contribution in [0.25, 0.3) is 0 Å². The third kappa shape index (κ3) is 3.50. The van der Waals surface area contributed by atoms with Gasteiger partial charge >= 0.3 is 0 Å². The van der Waals surface area contributed by atoms with Gasteiger partial charge in [-0.1, -0.05) is 66.5 Å². The zero-order valence-corrected chi connectivity index (χ0v) is 12.2. The molecule has 2 aromatic carbocycles. The van der Waals surface area contributed by atoms with Gasteiger partial charge < -0.3 is 5.11 Å². The zero-order valence-electron chi connectivity index (χ0n) is 10.7. The summed E-state index contributed by atoms with van der Waals surface area (Å²) in [7, 11) is 0. The lowest BCUT2D eigenvalue weighted by molar-refractivity contribution is 0.149. The number of halogens is 2. The van der Waals surface area contributed by atoms with Crippen molar-refractivity contribution in [1.82, 2.24) is 0 Å². The molecule has 0 aliphatic rings. The number of aliphatic hydroxyl groups is 1. The second-order valence-corrected chi connectivity index (χ2v) is 5.49. The summed E-state index contributed by atoms with van der Waals surface area (Å²) >= 11 is 12.3. The van der Waals surface area contributed by atoms with Crippen LogP contribution in [0.15, 0.2) is 48.5 Å². The molecule has 100 valence electrons. The standard InChI is InChI=1S/C16H16Cl2O/c1-11(12-6-3-2-4-7-12)16(19)10-13-14(17)8-5-9-15(13)18/h2-9,11,16,19H,10H2,1H3. The molecule has 2 unspecified atom stereocenters. The lowest BCUT2D eigenvalue weighted by Gasteiger charge is -2.20. The second kappa shape index (κ2) is 6.42. The van der Waals surface area contributed by atoms with Crippen molar-refractivity contribution in [2.75, 3.05) is 0 Å². The average molecular weight is 295 g/mol. The third-order valence-electron chi connectivity index (χ3n) is 3.38. The molecule has 1 nitrogen and oxygen atoms in total. The van der Waals surface area contributed by atoms with Crippen LogP contribution in [-0.4, -0.2) is 11.2 Å². The molecule has 0 saturated carbocycles. The van der Waals surface area contributed by atoms with Gasteiger partial charge in [0, 0.05) is 22.4 Å². The molecular formula is C16H16Cl2O. The summed E-state index contributed by atoms with van der Waals surface area (Å²) in [5.41, 5.74) is 1.92. The fourth-order valence-electron chi connectivity index (χ4n) is 2.09. The van der Waals surface area contributed by atoms with E-state index in [1.807, 2.05) is 37.3 Å². The maximum absolute atomic E-state index is 10.4. The van der Waals surface area contributed by atoms with Gasteiger partial charge in [-0.15, -0.1) is 0 Å². The normalized spacial score (nSPS) is 14.1. The third-order valence-corrected chi connectivity index (χ3v) is 4.09. The van der Waals surface area contributed by atoms with E-state index in [1.165, 1.54) is 0 Å². The first-order valence-corrected chi connectivity index (χ1v) is 7.01. The summed E-state index contributed by atoms with van der Waals surface area (Å²) < 4.78 is 0. The predicted octanol–water partition coefficient (Wildman–Crippen LogP) is 4.70. The molecule has 0 saturated heterocycles. The van der Waals surface area contributed by atoms with Crippen molar-refractivity contribution in [3.63, 3.8) is 0 Å². The quantitative estimate of drug-likeness (QED) is 0.866. The molecule has 0 aromatic heterocycles. The molecule has 0 bridgehead atoms. The van der Waals surface area contributed by atoms with Gasteiger partial charge in [0.2, 0.25) is 0 Å². The lowest BCUT2D eigenvalue weighted by atomic mass is 9.91. The highest BCUT2D eigenvalue weighted by atomic mass is 35.5. The Labute approximate surface area is 123 Å². The Bertz CT molecular complexity index is 519. The van der Waals surface area contributed by atoms with Gasteiger partial charge in [0.25, 0.3) is 0 Å². The number of benzene rings is 2. The van der Waals surface area contributed by atoms with Crippen molar-refractivity contribution in [2.45, 2.75) is 25.4 Å². The van der Waals surface area contributed by atoms with Gasteiger partial charge in [0.15, 0.2) is 0 Å². The van der Waals surface area contributed by atoms with Crippen LogP contribution in [0.5, 0.6) is 0 Å². The molecule has 2 atom stereocenters. The molecule has 0 aliphatic heterocycles. The van der Waals surface area contributed by atoms with Crippen molar-refractivity contribution in [3.8, 4) is 0 Å². The number of hydrogen-bond donors (Lipinski definition) is 1. The first-order chi connectivity index (χ1) is 9.09. The van der Waals surface area contributed by atoms with E-state index in [4.69, 9.17) is 23.2 Å². The van der Waals surface area contributed by atoms with Crippen LogP contribution in [-0.2, 0) is 6.42 Å². The van der Waals surface area contributed by atoms with E-state index in [0.717, 1.165) is 11.1 Å². The summed E-state index contributed by atoms with van der Waals surface area (Å²) in [6, 6.07) is 15.3. The minimum Gasteiger partial charge on any atom is -0.392 e. The summed E-state index contributed by atoms with van der Waals surface area (Å²) in [6.45, 7) is 2.00. The van der Waals surface area contributed by atoms with E-state index in [1.54, 1.807) is 18.2 Å². The van der Waals surface area contributed by atoms with Crippen LogP contribution < -0.4 is 0 Å². The fraction of sp³-hybridized carbons (Fsp3) is 0.250. The molecule has 2 rings (SSSR count). The molecule has 3 heteroatoms. The van der Waals surface area contributed by atoms with Gasteiger partial charge in [-0.2, -0.15) is 0 Å². The number of aliphatic hydroxyl groups excluding tert-OH is 1. The van der Waals surface area contributed by atoms with Crippen LogP contribution in [0.4, 0.5) is 0 Å². The van der Waals surface area contributed by atoms with E-state index in [-0.39, 0.29) is 5.92 Å². The molecular weight excluding hydrogens is 279 g/mol. The van der Waals surface area contributed by atoms with Crippen LogP contribution in [0.3, 0.4) is 0 Å². The summed E-state index contributed by atoms with van der Waals surface area (Å²) in [6.07, 6.45) is -0.0611. The Morgan fingerprint density at radius 2 is 1.53 bits per heavy atom. The topological polar surface area (TPSA) is 20.2 Å². The van der Waals surface area contributed by atoms with E-state index in [0.29, 0.717) is 16.5 Å². The van der Waals surface area contributed by atoms with E-state index in [2.05, 4.69) is 0 Å². The zero-order chi connectivity index (χ0) is 13.8. The van der Waals surface area contributed by atoms with E-state index >= 15 is 0 Å². The van der Waals surface area contributed by atoms with Crippen molar-refractivity contribution in [1.29, 1.82) is 0 Å². The van der Waals surface area contributed by atoms with Crippen molar-refractivity contribution >= 4 is 23.2 Å². The molecule has 0 aliphatic carbocycles. The van der Waals surface area contributed by atoms with Crippen molar-refractivity contribution < 1.29 is 5.11 Å². The highest BCUT2D eigenvalue weighted by molar-refractivity contribution is 6.36. The molecule has 1 N–H and O–H groups in total. The Hall–Kier alpha value is -1.02. The lowest BCUT2D eigenvalue weighted by Crippen LogP contribution is -2.19. The summed E-state index contributed by atoms with van der Waals surface area (Å²) in [5, 5.41) is 11.6. The van der Waals surface area contributed by atoms with Gasteiger partial charge in [0.1, 0.15) is 0 Å². The van der Waals surface area contributed by atoms with Crippen molar-refractivity contribution in [3.05, 3.63) is 69.7 Å². The van der Waals surface area contributed by atoms with Gasteiger partial charge in [-0.25, -0.2) is 0 Å². The van der Waals surface area contributed by atoms with Crippen LogP contribution in [0.2, 0.25) is 10.0 Å². The summed E-state index contributed by atoms with van der Waals surface area (Å²) in [4.78, 5) is 0. The highest BCUT2D eigenvalue weighted by Gasteiger charge is 2.19. The minimum absolute atomic E-state index is 0.0357. The Kier molecular flexibility index (Phi) is 4.87. The maximum atomic E-state index is 10.4. The number of rotatable bonds is 4. The van der Waals surface area contributed by atoms with Gasteiger partial charge in [0.05, 0.1) is 6.10 Å². The Balaban J connectivity index is 2.15. The molecule has 0 spiro atoms. The van der Waals surface area contributed by atoms with Crippen LogP contribution in [0, 0.1) is 0 Å². The molecule has 0 fully saturated rings. The first-order valence-electron chi connectivity index (χ1n) is 6.25. The van der Waals surface area contributed by atoms with Crippen LogP contribution in [0.1, 0.15) is 24.0 Å². The second-order valence-electron chi connectivity index (χ2n) is 4.67. The van der Waals surface area contributed by atoms with Gasteiger partial charge in [-0.05, 0) is 23.3 Å². The molecule has 0 heterocycles. The number of hydrogen-bond acceptors (Lipinski definition) is 1. The molecule has 0 radical (unpaired) electrons. The largest absolute Gasteiger partial charge is 0.392 e. The first kappa shape index (κ1) is 14.4. The molecule has 2 aromatic rings. The molecule has 0 amide bonds. The maximum Gasteiger partial charge on any atom is 0.0647 e. The van der Waals surface area contributed by atoms with Crippen molar-refractivity contribution in [2.24, 2.45) is 0 Å². The smallest absolute Gasteiger partial charge is 0.0647 e. The molecule has 19 heavy (non-hydrogen) atoms. The minimum atomic E-state index is -0.514. The fourth-order valence-corrected chi connectivity index (χ4v) is 2.64. The average Bonchev–Trinajstić information content (AvgIpc) is 2.43.